The Balaban J connectivity index is 1.13. The number of carbonyl (C=O) groups excluding carboxylic acids is 1. The summed E-state index contributed by atoms with van der Waals surface area (Å²) in [6, 6.07) is 7.90. The van der Waals surface area contributed by atoms with Crippen molar-refractivity contribution in [3.63, 3.8) is 0 Å². The lowest BCUT2D eigenvalue weighted by Gasteiger charge is -2.43. The number of benzene rings is 2. The standard InChI is InChI=1S/C36H41F2NO6/c1-18-7-23(44-24-12-22(13-24)36(6,42)17-40)8-19(2)31(18)25-10-21(28(37)14-29(25)38)16-43-30-11-20-9-26-32(27(20)15-39-30)33(26)34(41)45-35(3,4)5/h7-8,10-11,14-15,22,24,26,32-33,40,42H,9,12-13,16-17H2,1-6H3/t22?,24?,26-,32-,33+,36+/m1/s1. The summed E-state index contributed by atoms with van der Waals surface area (Å²) in [5.41, 5.74) is 3.15. The van der Waals surface area contributed by atoms with E-state index in [2.05, 4.69) is 4.98 Å². The zero-order valence-corrected chi connectivity index (χ0v) is 26.6. The number of hydrogen-bond donors (Lipinski definition) is 2. The first kappa shape index (κ1) is 31.4. The summed E-state index contributed by atoms with van der Waals surface area (Å²) < 4.78 is 47.7. The van der Waals surface area contributed by atoms with Crippen LogP contribution >= 0.6 is 0 Å². The molecule has 6 rings (SSSR count). The number of nitrogens with zero attached hydrogens (tertiary/aromatic N) is 1. The number of aryl methyl sites for hydroxylation is 2. The summed E-state index contributed by atoms with van der Waals surface area (Å²) in [4.78, 5) is 17.0. The van der Waals surface area contributed by atoms with Gasteiger partial charge in [-0.25, -0.2) is 13.8 Å². The minimum Gasteiger partial charge on any atom is -0.490 e. The molecule has 1 heterocycles. The summed E-state index contributed by atoms with van der Waals surface area (Å²) in [7, 11) is 0. The van der Waals surface area contributed by atoms with E-state index >= 15 is 4.39 Å². The van der Waals surface area contributed by atoms with Crippen molar-refractivity contribution in [3.8, 4) is 22.8 Å². The van der Waals surface area contributed by atoms with Gasteiger partial charge in [-0.3, -0.25) is 4.79 Å². The van der Waals surface area contributed by atoms with E-state index in [0.717, 1.165) is 34.7 Å². The van der Waals surface area contributed by atoms with Crippen molar-refractivity contribution in [1.82, 2.24) is 4.98 Å². The monoisotopic (exact) mass is 621 g/mol. The minimum atomic E-state index is -1.12. The second-order valence-corrected chi connectivity index (χ2v) is 14.2. The third kappa shape index (κ3) is 6.17. The van der Waals surface area contributed by atoms with Crippen molar-refractivity contribution >= 4 is 5.97 Å². The number of fused-ring (bicyclic) bond motifs is 3. The second kappa shape index (κ2) is 11.4. The van der Waals surface area contributed by atoms with Crippen LogP contribution in [-0.4, -0.2) is 45.1 Å². The Bertz CT molecular complexity index is 1620. The molecule has 0 unspecified atom stereocenters. The van der Waals surface area contributed by atoms with Gasteiger partial charge in [-0.1, -0.05) is 0 Å². The van der Waals surface area contributed by atoms with Gasteiger partial charge in [0.2, 0.25) is 5.88 Å². The molecule has 4 atom stereocenters. The highest BCUT2D eigenvalue weighted by molar-refractivity contribution is 5.80. The van der Waals surface area contributed by atoms with E-state index in [9.17, 15) is 19.4 Å². The van der Waals surface area contributed by atoms with Crippen molar-refractivity contribution < 1.29 is 38.0 Å². The molecular weight excluding hydrogens is 580 g/mol. The summed E-state index contributed by atoms with van der Waals surface area (Å²) in [6.45, 7) is 10.5. The van der Waals surface area contributed by atoms with Crippen LogP contribution in [0.1, 0.15) is 74.3 Å². The molecule has 2 aromatic carbocycles. The van der Waals surface area contributed by atoms with E-state index in [0.29, 0.717) is 30.0 Å². The Hall–Kier alpha value is -3.56. The van der Waals surface area contributed by atoms with Gasteiger partial charge in [0.05, 0.1) is 24.2 Å². The summed E-state index contributed by atoms with van der Waals surface area (Å²) in [6.07, 6.45) is 3.67. The van der Waals surface area contributed by atoms with Gasteiger partial charge < -0.3 is 24.4 Å². The summed E-state index contributed by atoms with van der Waals surface area (Å²) >= 11 is 0. The van der Waals surface area contributed by atoms with E-state index in [1.54, 1.807) is 13.1 Å². The van der Waals surface area contributed by atoms with Crippen LogP contribution < -0.4 is 9.47 Å². The molecule has 2 fully saturated rings. The van der Waals surface area contributed by atoms with E-state index in [-0.39, 0.29) is 60.1 Å². The number of carbonyl (C=O) groups is 1. The molecule has 240 valence electrons. The van der Waals surface area contributed by atoms with E-state index < -0.39 is 22.8 Å². The highest BCUT2D eigenvalue weighted by Gasteiger charge is 2.61. The SMILES string of the molecule is Cc1cc(OC2CC([C@@](C)(O)CO)C2)cc(C)c1-c1cc(COc2cc3c(cn2)[C@H]2[C@@H](C3)[C@@H]2C(=O)OC(C)(C)C)c(F)cc1F. The number of esters is 1. The lowest BCUT2D eigenvalue weighted by atomic mass is 9.72. The van der Waals surface area contributed by atoms with Crippen LogP contribution in [0.2, 0.25) is 0 Å². The van der Waals surface area contributed by atoms with Gasteiger partial charge in [0.15, 0.2) is 0 Å². The Labute approximate surface area is 262 Å². The average molecular weight is 622 g/mol. The van der Waals surface area contributed by atoms with Crippen LogP contribution in [-0.2, 0) is 22.6 Å². The van der Waals surface area contributed by atoms with Gasteiger partial charge in [0.1, 0.15) is 29.6 Å². The van der Waals surface area contributed by atoms with E-state index in [4.69, 9.17) is 14.2 Å². The number of pyridine rings is 1. The molecular formula is C36H41F2NO6. The fraction of sp³-hybridized carbons (Fsp3) is 0.500. The highest BCUT2D eigenvalue weighted by atomic mass is 19.1. The van der Waals surface area contributed by atoms with E-state index in [1.807, 2.05) is 52.8 Å². The highest BCUT2D eigenvalue weighted by Crippen LogP contribution is 2.62. The van der Waals surface area contributed by atoms with Gasteiger partial charge in [0.25, 0.3) is 0 Å². The number of rotatable bonds is 9. The van der Waals surface area contributed by atoms with Gasteiger partial charge in [-0.2, -0.15) is 0 Å². The van der Waals surface area contributed by atoms with Crippen molar-refractivity contribution in [2.24, 2.45) is 17.8 Å². The van der Waals surface area contributed by atoms with Crippen LogP contribution in [0.5, 0.6) is 11.6 Å². The topological polar surface area (TPSA) is 98.1 Å². The number of hydrogen-bond acceptors (Lipinski definition) is 7. The van der Waals surface area contributed by atoms with Gasteiger partial charge >= 0.3 is 5.97 Å². The third-order valence-electron chi connectivity index (χ3n) is 9.55. The minimum absolute atomic E-state index is 0.0305. The molecule has 3 aromatic rings. The number of aliphatic hydroxyl groups excluding tert-OH is 1. The number of ether oxygens (including phenoxy) is 3. The number of halogens is 2. The summed E-state index contributed by atoms with van der Waals surface area (Å²) in [5.74, 6) is -0.385. The Kier molecular flexibility index (Phi) is 7.93. The molecule has 45 heavy (non-hydrogen) atoms. The zero-order chi connectivity index (χ0) is 32.4. The van der Waals surface area contributed by atoms with Crippen molar-refractivity contribution in [3.05, 3.63) is 76.0 Å². The molecule has 7 nitrogen and oxygen atoms in total. The molecule has 0 amide bonds. The van der Waals surface area contributed by atoms with Crippen LogP contribution in [0.3, 0.4) is 0 Å². The van der Waals surface area contributed by atoms with Gasteiger partial charge in [-0.15, -0.1) is 0 Å². The Morgan fingerprint density at radius 2 is 1.71 bits per heavy atom. The predicted molar refractivity (Wildman–Crippen MR) is 164 cm³/mol. The van der Waals surface area contributed by atoms with Gasteiger partial charge in [0, 0.05) is 35.4 Å². The fourth-order valence-corrected chi connectivity index (χ4v) is 6.99. The lowest BCUT2D eigenvalue weighted by molar-refractivity contribution is -0.157. The third-order valence-corrected chi connectivity index (χ3v) is 9.55. The van der Waals surface area contributed by atoms with Crippen molar-refractivity contribution in [1.29, 1.82) is 0 Å². The largest absolute Gasteiger partial charge is 0.490 e. The molecule has 0 saturated heterocycles. The predicted octanol–water partition coefficient (Wildman–Crippen LogP) is 6.35. The number of aliphatic hydroxyl groups is 2. The first-order chi connectivity index (χ1) is 21.1. The van der Waals surface area contributed by atoms with E-state index in [1.165, 1.54) is 6.07 Å². The second-order valence-electron chi connectivity index (χ2n) is 14.2. The maximum absolute atomic E-state index is 15.2. The smallest absolute Gasteiger partial charge is 0.310 e. The molecule has 0 radical (unpaired) electrons. The lowest BCUT2D eigenvalue weighted by Crippen LogP contribution is -2.49. The van der Waals surface area contributed by atoms with Crippen molar-refractivity contribution in [2.45, 2.75) is 90.6 Å². The zero-order valence-electron chi connectivity index (χ0n) is 26.6. The maximum Gasteiger partial charge on any atom is 0.310 e. The molecule has 9 heteroatoms. The molecule has 0 bridgehead atoms. The molecule has 0 spiro atoms. The van der Waals surface area contributed by atoms with Gasteiger partial charge in [-0.05, 0) is 119 Å². The number of aromatic nitrogens is 1. The summed E-state index contributed by atoms with van der Waals surface area (Å²) in [5, 5.41) is 19.6. The first-order valence-electron chi connectivity index (χ1n) is 15.6. The molecule has 3 aliphatic carbocycles. The van der Waals surface area contributed by atoms with Crippen molar-refractivity contribution in [2.75, 3.05) is 6.61 Å². The van der Waals surface area contributed by atoms with Crippen LogP contribution in [0.4, 0.5) is 8.78 Å². The Morgan fingerprint density at radius 3 is 2.36 bits per heavy atom. The van der Waals surface area contributed by atoms with Crippen LogP contribution in [0, 0.1) is 43.2 Å². The van der Waals surface area contributed by atoms with Crippen LogP contribution in [0.25, 0.3) is 11.1 Å². The van der Waals surface area contributed by atoms with Crippen LogP contribution in [0.15, 0.2) is 36.5 Å². The molecule has 2 N–H and O–H groups in total. The normalized spacial score (nSPS) is 24.6. The Morgan fingerprint density at radius 1 is 1.02 bits per heavy atom. The first-order valence-corrected chi connectivity index (χ1v) is 15.6. The average Bonchev–Trinajstić information content (AvgIpc) is 3.51. The molecule has 1 aromatic heterocycles. The maximum atomic E-state index is 15.2. The molecule has 3 aliphatic rings. The fourth-order valence-electron chi connectivity index (χ4n) is 6.99. The quantitative estimate of drug-likeness (QED) is 0.269. The molecule has 2 saturated carbocycles. The molecule has 0 aliphatic heterocycles.